The van der Waals surface area contributed by atoms with Gasteiger partial charge in [-0.1, -0.05) is 29.8 Å². The zero-order valence-electron chi connectivity index (χ0n) is 15.1. The molecular weight excluding hydrogens is 366 g/mol. The molecule has 0 amide bonds. The van der Waals surface area contributed by atoms with Crippen molar-refractivity contribution in [2.45, 2.75) is 13.1 Å². The van der Waals surface area contributed by atoms with Crippen LogP contribution in [0.1, 0.15) is 11.1 Å². The van der Waals surface area contributed by atoms with Gasteiger partial charge in [-0.25, -0.2) is 0 Å². The number of ether oxygens (including phenoxy) is 2. The van der Waals surface area contributed by atoms with Gasteiger partial charge in [0.05, 0.1) is 20.4 Å². The van der Waals surface area contributed by atoms with Gasteiger partial charge in [0.25, 0.3) is 0 Å². The standard InChI is InChI=1S/C19H20ClN5O2/c1-26-16-8-5-14(9-17(16)27-2)11-22-19-24-18(12-23-25-19)21-10-13-3-6-15(20)7-4-13/h3-9,12H,10-11H2,1-2H3,(H2,21,22,24,25). The van der Waals surface area contributed by atoms with Crippen molar-refractivity contribution in [1.82, 2.24) is 15.2 Å². The van der Waals surface area contributed by atoms with E-state index in [0.717, 1.165) is 11.1 Å². The van der Waals surface area contributed by atoms with E-state index in [-0.39, 0.29) is 0 Å². The molecule has 0 aliphatic rings. The Morgan fingerprint density at radius 3 is 2.33 bits per heavy atom. The largest absolute Gasteiger partial charge is 0.493 e. The maximum Gasteiger partial charge on any atom is 0.244 e. The topological polar surface area (TPSA) is 81.2 Å². The number of hydrogen-bond acceptors (Lipinski definition) is 7. The molecule has 7 nitrogen and oxygen atoms in total. The van der Waals surface area contributed by atoms with Gasteiger partial charge < -0.3 is 20.1 Å². The number of hydrogen-bond donors (Lipinski definition) is 2. The molecule has 2 aromatic carbocycles. The molecule has 140 valence electrons. The van der Waals surface area contributed by atoms with Gasteiger partial charge in [-0.2, -0.15) is 10.1 Å². The van der Waals surface area contributed by atoms with Crippen LogP contribution in [0.15, 0.2) is 48.7 Å². The van der Waals surface area contributed by atoms with E-state index in [9.17, 15) is 0 Å². The highest BCUT2D eigenvalue weighted by Gasteiger charge is 2.06. The lowest BCUT2D eigenvalue weighted by Gasteiger charge is -2.11. The van der Waals surface area contributed by atoms with Gasteiger partial charge in [-0.3, -0.25) is 0 Å². The molecule has 0 aliphatic carbocycles. The number of benzene rings is 2. The summed E-state index contributed by atoms with van der Waals surface area (Å²) < 4.78 is 10.6. The zero-order valence-corrected chi connectivity index (χ0v) is 15.8. The molecule has 1 aromatic heterocycles. The SMILES string of the molecule is COc1ccc(CNc2nncc(NCc3ccc(Cl)cc3)n2)cc1OC. The van der Waals surface area contributed by atoms with E-state index in [1.807, 2.05) is 42.5 Å². The molecule has 0 aliphatic heterocycles. The molecule has 8 heteroatoms. The zero-order chi connectivity index (χ0) is 19.1. The second-order valence-corrected chi connectivity index (χ2v) is 6.12. The Bertz CT molecular complexity index is 890. The maximum absolute atomic E-state index is 5.90. The molecule has 0 atom stereocenters. The lowest BCUT2D eigenvalue weighted by atomic mass is 10.2. The monoisotopic (exact) mass is 385 g/mol. The van der Waals surface area contributed by atoms with E-state index in [2.05, 4.69) is 25.8 Å². The highest BCUT2D eigenvalue weighted by molar-refractivity contribution is 6.30. The summed E-state index contributed by atoms with van der Waals surface area (Å²) in [7, 11) is 3.22. The van der Waals surface area contributed by atoms with Crippen LogP contribution in [0.25, 0.3) is 0 Å². The Morgan fingerprint density at radius 2 is 1.59 bits per heavy atom. The highest BCUT2D eigenvalue weighted by atomic mass is 35.5. The van der Waals surface area contributed by atoms with Crippen molar-refractivity contribution in [2.75, 3.05) is 24.9 Å². The van der Waals surface area contributed by atoms with Crippen molar-refractivity contribution in [1.29, 1.82) is 0 Å². The van der Waals surface area contributed by atoms with Gasteiger partial charge in [-0.05, 0) is 35.4 Å². The molecule has 27 heavy (non-hydrogen) atoms. The third kappa shape index (κ3) is 5.21. The summed E-state index contributed by atoms with van der Waals surface area (Å²) in [4.78, 5) is 4.42. The number of rotatable bonds is 8. The van der Waals surface area contributed by atoms with Gasteiger partial charge in [0, 0.05) is 18.1 Å². The predicted octanol–water partition coefficient (Wildman–Crippen LogP) is 3.77. The maximum atomic E-state index is 5.90. The fourth-order valence-corrected chi connectivity index (χ4v) is 2.56. The van der Waals surface area contributed by atoms with E-state index in [1.54, 1.807) is 20.4 Å². The summed E-state index contributed by atoms with van der Waals surface area (Å²) in [5.74, 6) is 2.43. The Morgan fingerprint density at radius 1 is 0.889 bits per heavy atom. The van der Waals surface area contributed by atoms with Crippen molar-refractivity contribution in [3.05, 3.63) is 64.8 Å². The highest BCUT2D eigenvalue weighted by Crippen LogP contribution is 2.27. The van der Waals surface area contributed by atoms with Crippen molar-refractivity contribution >= 4 is 23.4 Å². The normalized spacial score (nSPS) is 10.3. The third-order valence-electron chi connectivity index (χ3n) is 3.84. The molecule has 0 saturated carbocycles. The number of nitrogens with zero attached hydrogens (tertiary/aromatic N) is 3. The van der Waals surface area contributed by atoms with Crippen LogP contribution >= 0.6 is 11.6 Å². The van der Waals surface area contributed by atoms with Crippen LogP contribution < -0.4 is 20.1 Å². The Hall–Kier alpha value is -3.06. The fraction of sp³-hybridized carbons (Fsp3) is 0.211. The molecule has 0 radical (unpaired) electrons. The molecule has 0 spiro atoms. The van der Waals surface area contributed by atoms with Gasteiger partial charge in [-0.15, -0.1) is 5.10 Å². The second kappa shape index (κ2) is 9.05. The molecule has 3 aromatic rings. The van der Waals surface area contributed by atoms with Crippen LogP contribution in [0.5, 0.6) is 11.5 Å². The van der Waals surface area contributed by atoms with Crippen LogP contribution in [-0.4, -0.2) is 29.4 Å². The number of anilines is 2. The van der Waals surface area contributed by atoms with E-state index < -0.39 is 0 Å². The predicted molar refractivity (Wildman–Crippen MR) is 105 cm³/mol. The summed E-state index contributed by atoms with van der Waals surface area (Å²) in [5, 5.41) is 15.1. The van der Waals surface area contributed by atoms with Crippen LogP contribution in [0, 0.1) is 0 Å². The smallest absolute Gasteiger partial charge is 0.244 e. The number of nitrogens with one attached hydrogen (secondary N) is 2. The summed E-state index contributed by atoms with van der Waals surface area (Å²) in [6.07, 6.45) is 1.58. The lowest BCUT2D eigenvalue weighted by Crippen LogP contribution is -2.08. The van der Waals surface area contributed by atoms with Gasteiger partial charge in [0.1, 0.15) is 0 Å². The summed E-state index contributed by atoms with van der Waals surface area (Å²) in [5.41, 5.74) is 2.11. The molecule has 0 fully saturated rings. The molecule has 3 rings (SSSR count). The van der Waals surface area contributed by atoms with Crippen molar-refractivity contribution in [3.63, 3.8) is 0 Å². The first-order valence-electron chi connectivity index (χ1n) is 8.31. The first-order chi connectivity index (χ1) is 13.2. The minimum absolute atomic E-state index is 0.436. The van der Waals surface area contributed by atoms with Gasteiger partial charge in [0.2, 0.25) is 5.95 Å². The Labute approximate surface area is 162 Å². The number of aromatic nitrogens is 3. The van der Waals surface area contributed by atoms with E-state index in [1.165, 1.54) is 0 Å². The quantitative estimate of drug-likeness (QED) is 0.610. The average Bonchev–Trinajstić information content (AvgIpc) is 2.72. The van der Waals surface area contributed by atoms with Crippen molar-refractivity contribution in [2.24, 2.45) is 0 Å². The van der Waals surface area contributed by atoms with Gasteiger partial charge >= 0.3 is 0 Å². The molecular formula is C19H20ClN5O2. The van der Waals surface area contributed by atoms with Gasteiger partial charge in [0.15, 0.2) is 17.3 Å². The first-order valence-corrected chi connectivity index (χ1v) is 8.68. The second-order valence-electron chi connectivity index (χ2n) is 5.69. The van der Waals surface area contributed by atoms with Crippen molar-refractivity contribution in [3.8, 4) is 11.5 Å². The van der Waals surface area contributed by atoms with E-state index in [0.29, 0.717) is 41.4 Å². The minimum Gasteiger partial charge on any atom is -0.493 e. The summed E-state index contributed by atoms with van der Waals surface area (Å²) in [6.45, 7) is 1.15. The molecule has 0 unspecified atom stereocenters. The van der Waals surface area contributed by atoms with Crippen LogP contribution in [0.3, 0.4) is 0 Å². The Kier molecular flexibility index (Phi) is 6.27. The number of methoxy groups -OCH3 is 2. The molecule has 0 bridgehead atoms. The molecule has 2 N–H and O–H groups in total. The van der Waals surface area contributed by atoms with E-state index in [4.69, 9.17) is 21.1 Å². The summed E-state index contributed by atoms with van der Waals surface area (Å²) in [6, 6.07) is 13.3. The third-order valence-corrected chi connectivity index (χ3v) is 4.10. The average molecular weight is 386 g/mol. The van der Waals surface area contributed by atoms with Crippen LogP contribution in [0.4, 0.5) is 11.8 Å². The number of halogens is 1. The minimum atomic E-state index is 0.436. The van der Waals surface area contributed by atoms with Crippen LogP contribution in [-0.2, 0) is 13.1 Å². The Balaban J connectivity index is 1.59. The van der Waals surface area contributed by atoms with Crippen LogP contribution in [0.2, 0.25) is 5.02 Å². The molecule has 0 saturated heterocycles. The first kappa shape index (κ1) is 18.7. The fourth-order valence-electron chi connectivity index (χ4n) is 2.43. The summed E-state index contributed by atoms with van der Waals surface area (Å²) >= 11 is 5.90. The molecule has 1 heterocycles. The lowest BCUT2D eigenvalue weighted by molar-refractivity contribution is 0.354. The van der Waals surface area contributed by atoms with E-state index >= 15 is 0 Å². The van der Waals surface area contributed by atoms with Crippen molar-refractivity contribution < 1.29 is 9.47 Å².